The average Bonchev–Trinajstić information content (AvgIpc) is 2.24. The van der Waals surface area contributed by atoms with Crippen LogP contribution in [-0.4, -0.2) is 36.6 Å². The average molecular weight is 197 g/mol. The number of hydrogen-bond donors (Lipinski definition) is 1. The molecular formula is C11H23N3. The molecule has 0 saturated heterocycles. The lowest BCUT2D eigenvalue weighted by Gasteiger charge is -2.24. The second-order valence-electron chi connectivity index (χ2n) is 3.75. The van der Waals surface area contributed by atoms with Gasteiger partial charge < -0.3 is 4.90 Å². The highest BCUT2D eigenvalue weighted by Crippen LogP contribution is 2.05. The SMILES string of the molecule is CCN(CC)CCNC(C)(C#N)CC. The topological polar surface area (TPSA) is 39.1 Å². The minimum atomic E-state index is -0.354. The summed E-state index contributed by atoms with van der Waals surface area (Å²) in [4.78, 5) is 2.35. The zero-order chi connectivity index (χ0) is 11.0. The predicted molar refractivity (Wildman–Crippen MR) is 60.1 cm³/mol. The molecule has 0 spiro atoms. The Morgan fingerprint density at radius 1 is 1.29 bits per heavy atom. The molecule has 0 amide bonds. The maximum atomic E-state index is 8.94. The van der Waals surface area contributed by atoms with Crippen molar-refractivity contribution in [1.82, 2.24) is 10.2 Å². The second kappa shape index (κ2) is 6.80. The quantitative estimate of drug-likeness (QED) is 0.674. The van der Waals surface area contributed by atoms with E-state index in [1.54, 1.807) is 0 Å². The van der Waals surface area contributed by atoms with Crippen LogP contribution in [0.3, 0.4) is 0 Å². The van der Waals surface area contributed by atoms with Gasteiger partial charge in [-0.25, -0.2) is 0 Å². The van der Waals surface area contributed by atoms with Gasteiger partial charge in [0.2, 0.25) is 0 Å². The van der Waals surface area contributed by atoms with Crippen LogP contribution in [0.1, 0.15) is 34.1 Å². The molecular weight excluding hydrogens is 174 g/mol. The lowest BCUT2D eigenvalue weighted by atomic mass is 10.0. The molecule has 0 radical (unpaired) electrons. The maximum Gasteiger partial charge on any atom is 0.103 e. The van der Waals surface area contributed by atoms with Crippen molar-refractivity contribution in [3.05, 3.63) is 0 Å². The molecule has 0 aliphatic heterocycles. The Morgan fingerprint density at radius 3 is 2.21 bits per heavy atom. The first kappa shape index (κ1) is 13.4. The van der Waals surface area contributed by atoms with Crippen molar-refractivity contribution < 1.29 is 0 Å². The van der Waals surface area contributed by atoms with Gasteiger partial charge in [0, 0.05) is 13.1 Å². The molecule has 0 aromatic rings. The van der Waals surface area contributed by atoms with Gasteiger partial charge in [-0.05, 0) is 26.4 Å². The molecule has 0 bridgehead atoms. The third-order valence-electron chi connectivity index (χ3n) is 2.79. The Labute approximate surface area is 88.1 Å². The number of nitrogens with one attached hydrogen (secondary N) is 1. The maximum absolute atomic E-state index is 8.94. The summed E-state index contributed by atoms with van der Waals surface area (Å²) in [7, 11) is 0. The van der Waals surface area contributed by atoms with Crippen LogP contribution < -0.4 is 5.32 Å². The second-order valence-corrected chi connectivity index (χ2v) is 3.75. The normalized spacial score (nSPS) is 15.1. The predicted octanol–water partition coefficient (Wildman–Crippen LogP) is 1.61. The van der Waals surface area contributed by atoms with E-state index in [2.05, 4.69) is 30.1 Å². The molecule has 0 heterocycles. The van der Waals surface area contributed by atoms with Crippen LogP contribution in [0.2, 0.25) is 0 Å². The molecule has 1 atom stereocenters. The minimum Gasteiger partial charge on any atom is -0.303 e. The fraction of sp³-hybridized carbons (Fsp3) is 0.909. The van der Waals surface area contributed by atoms with Crippen LogP contribution >= 0.6 is 0 Å². The lowest BCUT2D eigenvalue weighted by molar-refractivity contribution is 0.288. The highest BCUT2D eigenvalue weighted by molar-refractivity contribution is 5.02. The summed E-state index contributed by atoms with van der Waals surface area (Å²) in [6.07, 6.45) is 0.849. The fourth-order valence-corrected chi connectivity index (χ4v) is 1.27. The van der Waals surface area contributed by atoms with E-state index in [-0.39, 0.29) is 5.54 Å². The Morgan fingerprint density at radius 2 is 1.86 bits per heavy atom. The molecule has 3 heteroatoms. The lowest BCUT2D eigenvalue weighted by Crippen LogP contribution is -2.44. The Kier molecular flexibility index (Phi) is 6.52. The molecule has 0 fully saturated rings. The first-order valence-corrected chi connectivity index (χ1v) is 5.50. The first-order chi connectivity index (χ1) is 6.61. The molecule has 0 aliphatic rings. The third kappa shape index (κ3) is 4.59. The highest BCUT2D eigenvalue weighted by atomic mass is 15.1. The summed E-state index contributed by atoms with van der Waals surface area (Å²) in [6.45, 7) is 12.4. The number of rotatable bonds is 7. The number of likely N-dealkylation sites (N-methyl/N-ethyl adjacent to an activating group) is 1. The van der Waals surface area contributed by atoms with E-state index in [4.69, 9.17) is 5.26 Å². The number of hydrogen-bond acceptors (Lipinski definition) is 3. The third-order valence-corrected chi connectivity index (χ3v) is 2.79. The van der Waals surface area contributed by atoms with Crippen molar-refractivity contribution in [2.24, 2.45) is 0 Å². The fourth-order valence-electron chi connectivity index (χ4n) is 1.27. The van der Waals surface area contributed by atoms with E-state index in [0.29, 0.717) is 0 Å². The van der Waals surface area contributed by atoms with Gasteiger partial charge in [-0.2, -0.15) is 5.26 Å². The highest BCUT2D eigenvalue weighted by Gasteiger charge is 2.19. The minimum absolute atomic E-state index is 0.354. The monoisotopic (exact) mass is 197 g/mol. The van der Waals surface area contributed by atoms with Crippen LogP contribution in [0.4, 0.5) is 0 Å². The van der Waals surface area contributed by atoms with E-state index in [9.17, 15) is 0 Å². The van der Waals surface area contributed by atoms with Gasteiger partial charge in [-0.15, -0.1) is 0 Å². The van der Waals surface area contributed by atoms with Crippen LogP contribution in [0.5, 0.6) is 0 Å². The summed E-state index contributed by atoms with van der Waals surface area (Å²) >= 11 is 0. The molecule has 0 aromatic heterocycles. The van der Waals surface area contributed by atoms with Crippen molar-refractivity contribution in [3.63, 3.8) is 0 Å². The zero-order valence-corrected chi connectivity index (χ0v) is 9.93. The van der Waals surface area contributed by atoms with Crippen LogP contribution in [0, 0.1) is 11.3 Å². The molecule has 0 aromatic carbocycles. The smallest absolute Gasteiger partial charge is 0.103 e. The Balaban J connectivity index is 3.78. The van der Waals surface area contributed by atoms with E-state index >= 15 is 0 Å². The van der Waals surface area contributed by atoms with Gasteiger partial charge in [-0.1, -0.05) is 20.8 Å². The zero-order valence-electron chi connectivity index (χ0n) is 9.93. The van der Waals surface area contributed by atoms with Crippen LogP contribution in [-0.2, 0) is 0 Å². The molecule has 1 unspecified atom stereocenters. The van der Waals surface area contributed by atoms with E-state index < -0.39 is 0 Å². The molecule has 0 rings (SSSR count). The number of nitrogens with zero attached hydrogens (tertiary/aromatic N) is 2. The van der Waals surface area contributed by atoms with Gasteiger partial charge >= 0.3 is 0 Å². The van der Waals surface area contributed by atoms with Gasteiger partial charge in [-0.3, -0.25) is 5.32 Å². The van der Waals surface area contributed by atoms with E-state index in [1.165, 1.54) is 0 Å². The largest absolute Gasteiger partial charge is 0.303 e. The molecule has 3 nitrogen and oxygen atoms in total. The first-order valence-electron chi connectivity index (χ1n) is 5.50. The van der Waals surface area contributed by atoms with Crippen molar-refractivity contribution in [2.75, 3.05) is 26.2 Å². The van der Waals surface area contributed by atoms with Gasteiger partial charge in [0.05, 0.1) is 6.07 Å². The van der Waals surface area contributed by atoms with E-state index in [1.807, 2.05) is 13.8 Å². The van der Waals surface area contributed by atoms with E-state index in [0.717, 1.165) is 32.6 Å². The van der Waals surface area contributed by atoms with Crippen molar-refractivity contribution in [3.8, 4) is 6.07 Å². The van der Waals surface area contributed by atoms with Gasteiger partial charge in [0.25, 0.3) is 0 Å². The Hall–Kier alpha value is -0.590. The molecule has 0 saturated carbocycles. The molecule has 1 N–H and O–H groups in total. The summed E-state index contributed by atoms with van der Waals surface area (Å²) < 4.78 is 0. The molecule has 0 aliphatic carbocycles. The van der Waals surface area contributed by atoms with Crippen LogP contribution in [0.25, 0.3) is 0 Å². The van der Waals surface area contributed by atoms with Crippen LogP contribution in [0.15, 0.2) is 0 Å². The van der Waals surface area contributed by atoms with Crippen molar-refractivity contribution >= 4 is 0 Å². The van der Waals surface area contributed by atoms with Gasteiger partial charge in [0.15, 0.2) is 0 Å². The van der Waals surface area contributed by atoms with Crippen molar-refractivity contribution in [2.45, 2.75) is 39.7 Å². The number of nitriles is 1. The summed E-state index contributed by atoms with van der Waals surface area (Å²) in [5.41, 5.74) is -0.354. The summed E-state index contributed by atoms with van der Waals surface area (Å²) in [5.74, 6) is 0. The molecule has 82 valence electrons. The summed E-state index contributed by atoms with van der Waals surface area (Å²) in [6, 6.07) is 2.31. The molecule has 14 heavy (non-hydrogen) atoms. The van der Waals surface area contributed by atoms with Gasteiger partial charge in [0.1, 0.15) is 5.54 Å². The Bertz CT molecular complexity index is 181. The van der Waals surface area contributed by atoms with Crippen molar-refractivity contribution in [1.29, 1.82) is 5.26 Å². The summed E-state index contributed by atoms with van der Waals surface area (Å²) in [5, 5.41) is 12.2. The standard InChI is InChI=1S/C11H23N3/c1-5-11(4,10-12)13-8-9-14(6-2)7-3/h13H,5-9H2,1-4H3.